The zero-order valence-electron chi connectivity index (χ0n) is 12.9. The number of nitrogens with one attached hydrogen (secondary N) is 2. The summed E-state index contributed by atoms with van der Waals surface area (Å²) < 4.78 is 5.34. The third kappa shape index (κ3) is 6.64. The van der Waals surface area contributed by atoms with E-state index in [1.54, 1.807) is 0 Å². The fourth-order valence-corrected chi connectivity index (χ4v) is 2.32. The Morgan fingerprint density at radius 2 is 2.05 bits per heavy atom. The fraction of sp³-hybridized carbons (Fsp3) is 0.500. The Morgan fingerprint density at radius 1 is 1.18 bits per heavy atom. The minimum absolute atomic E-state index is 0.252. The fourth-order valence-electron chi connectivity index (χ4n) is 2.32. The molecule has 0 aromatic heterocycles. The van der Waals surface area contributed by atoms with Crippen molar-refractivity contribution in [3.63, 3.8) is 0 Å². The van der Waals surface area contributed by atoms with Gasteiger partial charge in [-0.1, -0.05) is 48.6 Å². The molecule has 1 aliphatic carbocycles. The van der Waals surface area contributed by atoms with Crippen LogP contribution >= 0.6 is 0 Å². The highest BCUT2D eigenvalue weighted by Crippen LogP contribution is 2.10. The van der Waals surface area contributed by atoms with Crippen LogP contribution in [0.1, 0.15) is 37.7 Å². The van der Waals surface area contributed by atoms with Gasteiger partial charge >= 0.3 is 6.09 Å². The van der Waals surface area contributed by atoms with E-state index in [1.165, 1.54) is 12.0 Å². The number of rotatable bonds is 6. The number of hydrogen-bond acceptors (Lipinski definition) is 3. The van der Waals surface area contributed by atoms with Gasteiger partial charge in [-0.05, 0) is 24.8 Å². The number of benzene rings is 1. The van der Waals surface area contributed by atoms with E-state index in [1.807, 2.05) is 18.2 Å². The van der Waals surface area contributed by atoms with Crippen LogP contribution in [0, 0.1) is 11.8 Å². The van der Waals surface area contributed by atoms with Crippen LogP contribution in [0.2, 0.25) is 0 Å². The number of carbonyl (C=O) groups excluding carboxylic acids is 1. The molecule has 0 aliphatic heterocycles. The van der Waals surface area contributed by atoms with Gasteiger partial charge in [0.2, 0.25) is 0 Å². The van der Waals surface area contributed by atoms with Gasteiger partial charge in [0.1, 0.15) is 0 Å². The van der Waals surface area contributed by atoms with Crippen LogP contribution in [0.5, 0.6) is 0 Å². The van der Waals surface area contributed by atoms with Crippen molar-refractivity contribution >= 4 is 6.09 Å². The van der Waals surface area contributed by atoms with Gasteiger partial charge in [-0.3, -0.25) is 0 Å². The van der Waals surface area contributed by atoms with E-state index in [9.17, 15) is 4.79 Å². The summed E-state index contributed by atoms with van der Waals surface area (Å²) >= 11 is 0. The Morgan fingerprint density at radius 3 is 2.91 bits per heavy atom. The standard InChI is InChI=1S/C18H24N2O2/c21-18(22-17-11-7-2-1-3-8-12-17)20-14-13-19-15-16-9-5-4-6-10-16/h4-6,9-10,17,19H,1-3,7,11,13-15H2,(H,20,21). The van der Waals surface area contributed by atoms with E-state index >= 15 is 0 Å². The molecule has 118 valence electrons. The summed E-state index contributed by atoms with van der Waals surface area (Å²) in [6, 6.07) is 10.2. The summed E-state index contributed by atoms with van der Waals surface area (Å²) in [7, 11) is 0. The SMILES string of the molecule is O=C(NCCNCc1ccccc1)OC1C#CCCCCC1. The van der Waals surface area contributed by atoms with Crippen molar-refractivity contribution in [2.45, 2.75) is 44.8 Å². The van der Waals surface area contributed by atoms with Crippen molar-refractivity contribution < 1.29 is 9.53 Å². The smallest absolute Gasteiger partial charge is 0.408 e. The van der Waals surface area contributed by atoms with E-state index in [0.29, 0.717) is 13.1 Å². The number of carbonyl (C=O) groups is 1. The van der Waals surface area contributed by atoms with Crippen molar-refractivity contribution in [1.29, 1.82) is 0 Å². The van der Waals surface area contributed by atoms with Crippen LogP contribution in [0.15, 0.2) is 30.3 Å². The lowest BCUT2D eigenvalue weighted by Gasteiger charge is -2.14. The molecule has 4 heteroatoms. The molecule has 2 N–H and O–H groups in total. The van der Waals surface area contributed by atoms with Crippen LogP contribution < -0.4 is 10.6 Å². The lowest BCUT2D eigenvalue weighted by atomic mass is 10.1. The van der Waals surface area contributed by atoms with Crippen molar-refractivity contribution in [2.24, 2.45) is 0 Å². The summed E-state index contributed by atoms with van der Waals surface area (Å²) in [5.41, 5.74) is 1.23. The van der Waals surface area contributed by atoms with Gasteiger partial charge in [-0.15, -0.1) is 0 Å². The first-order valence-corrected chi connectivity index (χ1v) is 8.02. The highest BCUT2D eigenvalue weighted by Gasteiger charge is 2.12. The number of alkyl carbamates (subject to hydrolysis) is 1. The van der Waals surface area contributed by atoms with Gasteiger partial charge in [-0.2, -0.15) is 0 Å². The predicted molar refractivity (Wildman–Crippen MR) is 87.3 cm³/mol. The molecule has 0 radical (unpaired) electrons. The van der Waals surface area contributed by atoms with Gasteiger partial charge in [-0.25, -0.2) is 4.79 Å². The first-order chi connectivity index (χ1) is 10.8. The minimum atomic E-state index is -0.374. The zero-order valence-corrected chi connectivity index (χ0v) is 12.9. The summed E-state index contributed by atoms with van der Waals surface area (Å²) in [4.78, 5) is 11.7. The summed E-state index contributed by atoms with van der Waals surface area (Å²) in [5, 5.41) is 6.04. The molecule has 1 aromatic carbocycles. The van der Waals surface area contributed by atoms with Gasteiger partial charge in [0.15, 0.2) is 6.10 Å². The molecule has 1 amide bonds. The van der Waals surface area contributed by atoms with Gasteiger partial charge in [0.25, 0.3) is 0 Å². The molecule has 1 unspecified atom stereocenters. The van der Waals surface area contributed by atoms with Crippen molar-refractivity contribution in [3.8, 4) is 11.8 Å². The maximum absolute atomic E-state index is 11.7. The molecule has 1 atom stereocenters. The van der Waals surface area contributed by atoms with E-state index in [0.717, 1.165) is 32.2 Å². The van der Waals surface area contributed by atoms with Crippen LogP contribution in [-0.2, 0) is 11.3 Å². The first kappa shape index (κ1) is 16.4. The summed E-state index contributed by atoms with van der Waals surface area (Å²) in [6.45, 7) is 2.05. The van der Waals surface area contributed by atoms with E-state index < -0.39 is 0 Å². The quantitative estimate of drug-likeness (QED) is 0.627. The van der Waals surface area contributed by atoms with Crippen molar-refractivity contribution in [3.05, 3.63) is 35.9 Å². The zero-order chi connectivity index (χ0) is 15.5. The molecular formula is C18H24N2O2. The van der Waals surface area contributed by atoms with Gasteiger partial charge in [0.05, 0.1) is 0 Å². The van der Waals surface area contributed by atoms with Crippen molar-refractivity contribution in [1.82, 2.24) is 10.6 Å². The molecular weight excluding hydrogens is 276 g/mol. The second-order valence-corrected chi connectivity index (χ2v) is 5.40. The maximum atomic E-state index is 11.7. The monoisotopic (exact) mass is 300 g/mol. The third-order valence-corrected chi connectivity index (χ3v) is 3.52. The Balaban J connectivity index is 1.57. The Kier molecular flexibility index (Phi) is 7.34. The molecule has 0 bridgehead atoms. The van der Waals surface area contributed by atoms with E-state index in [-0.39, 0.29) is 12.2 Å². The second-order valence-electron chi connectivity index (χ2n) is 5.40. The molecule has 0 saturated carbocycles. The average molecular weight is 300 g/mol. The van der Waals surface area contributed by atoms with Gasteiger partial charge in [0, 0.05) is 26.1 Å². The molecule has 0 saturated heterocycles. The van der Waals surface area contributed by atoms with Crippen LogP contribution in [-0.4, -0.2) is 25.3 Å². The molecule has 1 aliphatic rings. The molecule has 0 fully saturated rings. The highest BCUT2D eigenvalue weighted by atomic mass is 16.6. The normalized spacial score (nSPS) is 17.5. The lowest BCUT2D eigenvalue weighted by molar-refractivity contribution is 0.118. The third-order valence-electron chi connectivity index (χ3n) is 3.52. The second kappa shape index (κ2) is 9.86. The summed E-state index contributed by atoms with van der Waals surface area (Å²) in [5.74, 6) is 6.10. The Bertz CT molecular complexity index is 505. The average Bonchev–Trinajstić information content (AvgIpc) is 2.50. The van der Waals surface area contributed by atoms with Crippen LogP contribution in [0.3, 0.4) is 0 Å². The Labute approximate surface area is 132 Å². The topological polar surface area (TPSA) is 50.4 Å². The Hall–Kier alpha value is -1.99. The molecule has 22 heavy (non-hydrogen) atoms. The maximum Gasteiger partial charge on any atom is 0.408 e. The first-order valence-electron chi connectivity index (χ1n) is 8.02. The van der Waals surface area contributed by atoms with Crippen molar-refractivity contribution in [2.75, 3.05) is 13.1 Å². The molecule has 2 rings (SSSR count). The number of hydrogen-bond donors (Lipinski definition) is 2. The molecule has 0 spiro atoms. The lowest BCUT2D eigenvalue weighted by Crippen LogP contribution is -2.34. The molecule has 1 aromatic rings. The van der Waals surface area contributed by atoms with E-state index in [2.05, 4.69) is 34.6 Å². The molecule has 0 heterocycles. The highest BCUT2D eigenvalue weighted by molar-refractivity contribution is 5.67. The largest absolute Gasteiger partial charge is 0.433 e. The van der Waals surface area contributed by atoms with E-state index in [4.69, 9.17) is 4.74 Å². The van der Waals surface area contributed by atoms with Crippen LogP contribution in [0.25, 0.3) is 0 Å². The minimum Gasteiger partial charge on any atom is -0.433 e. The number of amides is 1. The van der Waals surface area contributed by atoms with Gasteiger partial charge < -0.3 is 15.4 Å². The van der Waals surface area contributed by atoms with Crippen LogP contribution in [0.4, 0.5) is 4.79 Å². The predicted octanol–water partition coefficient (Wildman–Crippen LogP) is 2.84. The summed E-state index contributed by atoms with van der Waals surface area (Å²) in [6.07, 6.45) is 4.51. The molecule has 4 nitrogen and oxygen atoms in total. The number of ether oxygens (including phenoxy) is 1.